The van der Waals surface area contributed by atoms with Crippen molar-refractivity contribution in [1.29, 1.82) is 0 Å². The Bertz CT molecular complexity index is 315. The van der Waals surface area contributed by atoms with Gasteiger partial charge in [-0.3, -0.25) is 20.0 Å². The van der Waals surface area contributed by atoms with Crippen molar-refractivity contribution in [3.63, 3.8) is 0 Å². The van der Waals surface area contributed by atoms with Crippen molar-refractivity contribution in [3.8, 4) is 0 Å². The van der Waals surface area contributed by atoms with E-state index in [1.165, 1.54) is 0 Å². The molecule has 0 aromatic rings. The van der Waals surface area contributed by atoms with Gasteiger partial charge in [0.05, 0.1) is 22.8 Å². The second kappa shape index (κ2) is 7.90. The lowest BCUT2D eigenvalue weighted by Gasteiger charge is -2.04. The third-order valence-corrected chi connectivity index (χ3v) is 3.08. The number of hydrogen-bond acceptors (Lipinski definition) is 4. The standard InChI is InChI=1S/C14H24N4/c1-11-12(2)16-8-6-10-18-14(4)13(3)17-9-5-7-15-11/h5-10H2,1-4H3/b15-11+,16-12+,17-13+,18-14+. The molecule has 0 saturated heterocycles. The fourth-order valence-corrected chi connectivity index (χ4v) is 1.59. The Morgan fingerprint density at radius 1 is 0.500 bits per heavy atom. The van der Waals surface area contributed by atoms with Crippen LogP contribution in [0.25, 0.3) is 0 Å². The molecule has 1 aliphatic heterocycles. The van der Waals surface area contributed by atoms with E-state index in [-0.39, 0.29) is 0 Å². The van der Waals surface area contributed by atoms with Gasteiger partial charge in [-0.1, -0.05) is 0 Å². The summed E-state index contributed by atoms with van der Waals surface area (Å²) in [6.07, 6.45) is 1.96. The van der Waals surface area contributed by atoms with Crippen LogP contribution in [-0.4, -0.2) is 49.0 Å². The highest BCUT2D eigenvalue weighted by molar-refractivity contribution is 6.41. The van der Waals surface area contributed by atoms with Crippen molar-refractivity contribution in [2.24, 2.45) is 20.0 Å². The van der Waals surface area contributed by atoms with Gasteiger partial charge in [0.15, 0.2) is 0 Å². The second-order valence-electron chi connectivity index (χ2n) is 4.58. The summed E-state index contributed by atoms with van der Waals surface area (Å²) in [7, 11) is 0. The maximum absolute atomic E-state index is 4.52. The van der Waals surface area contributed by atoms with Gasteiger partial charge in [-0.25, -0.2) is 0 Å². The van der Waals surface area contributed by atoms with Crippen LogP contribution >= 0.6 is 0 Å². The van der Waals surface area contributed by atoms with Crippen LogP contribution in [0.4, 0.5) is 0 Å². The Morgan fingerprint density at radius 3 is 0.944 bits per heavy atom. The van der Waals surface area contributed by atoms with E-state index < -0.39 is 0 Å². The molecule has 100 valence electrons. The van der Waals surface area contributed by atoms with E-state index in [1.807, 2.05) is 27.7 Å². The molecule has 0 fully saturated rings. The van der Waals surface area contributed by atoms with Crippen molar-refractivity contribution >= 4 is 22.8 Å². The van der Waals surface area contributed by atoms with Gasteiger partial charge in [-0.05, 0) is 40.5 Å². The first-order valence-electron chi connectivity index (χ1n) is 6.66. The summed E-state index contributed by atoms with van der Waals surface area (Å²) in [5.41, 5.74) is 4.19. The number of aliphatic imine (C=N–C) groups is 4. The molecular weight excluding hydrogens is 224 g/mol. The van der Waals surface area contributed by atoms with E-state index in [2.05, 4.69) is 20.0 Å². The summed E-state index contributed by atoms with van der Waals surface area (Å²) >= 11 is 0. The van der Waals surface area contributed by atoms with E-state index in [9.17, 15) is 0 Å². The molecule has 1 rings (SSSR count). The molecule has 0 saturated carbocycles. The predicted octanol–water partition coefficient (Wildman–Crippen LogP) is 2.62. The average molecular weight is 248 g/mol. The van der Waals surface area contributed by atoms with Crippen LogP contribution in [0.5, 0.6) is 0 Å². The summed E-state index contributed by atoms with van der Waals surface area (Å²) in [6.45, 7) is 11.4. The van der Waals surface area contributed by atoms with Gasteiger partial charge in [0.2, 0.25) is 0 Å². The molecule has 4 heteroatoms. The molecule has 0 atom stereocenters. The molecule has 0 spiro atoms. The summed E-state index contributed by atoms with van der Waals surface area (Å²) in [4.78, 5) is 18.1. The lowest BCUT2D eigenvalue weighted by atomic mass is 10.2. The second-order valence-corrected chi connectivity index (χ2v) is 4.58. The Hall–Kier alpha value is -1.32. The van der Waals surface area contributed by atoms with Gasteiger partial charge in [0, 0.05) is 26.2 Å². The Labute approximate surface area is 110 Å². The van der Waals surface area contributed by atoms with Crippen LogP contribution in [0.1, 0.15) is 40.5 Å². The van der Waals surface area contributed by atoms with Crippen LogP contribution < -0.4 is 0 Å². The van der Waals surface area contributed by atoms with E-state index in [0.29, 0.717) is 0 Å². The Morgan fingerprint density at radius 2 is 0.722 bits per heavy atom. The summed E-state index contributed by atoms with van der Waals surface area (Å²) < 4.78 is 0. The molecule has 0 amide bonds. The SMILES string of the molecule is CC1=N\CCC/N=C(C)/C(C)=N/CCC\N=C\1C. The summed E-state index contributed by atoms with van der Waals surface area (Å²) in [6, 6.07) is 0. The smallest absolute Gasteiger partial charge is 0.0524 e. The summed E-state index contributed by atoms with van der Waals surface area (Å²) in [5.74, 6) is 0. The Kier molecular flexibility index (Phi) is 6.47. The van der Waals surface area contributed by atoms with E-state index in [0.717, 1.165) is 61.9 Å². The maximum atomic E-state index is 4.52. The number of nitrogens with zero attached hydrogens (tertiary/aromatic N) is 4. The van der Waals surface area contributed by atoms with Crippen molar-refractivity contribution in [3.05, 3.63) is 0 Å². The normalized spacial score (nSPS) is 31.8. The fraction of sp³-hybridized carbons (Fsp3) is 0.714. The lowest BCUT2D eigenvalue weighted by Crippen LogP contribution is -2.11. The highest BCUT2D eigenvalue weighted by Crippen LogP contribution is 1.95. The molecule has 0 aromatic carbocycles. The molecular formula is C14H24N4. The van der Waals surface area contributed by atoms with Gasteiger partial charge in [-0.15, -0.1) is 0 Å². The van der Waals surface area contributed by atoms with Crippen LogP contribution in [0.3, 0.4) is 0 Å². The molecule has 1 aliphatic rings. The van der Waals surface area contributed by atoms with E-state index >= 15 is 0 Å². The maximum Gasteiger partial charge on any atom is 0.0524 e. The minimum atomic E-state index is 0.825. The third-order valence-electron chi connectivity index (χ3n) is 3.08. The van der Waals surface area contributed by atoms with Gasteiger partial charge in [0.25, 0.3) is 0 Å². The Balaban J connectivity index is 2.72. The fourth-order valence-electron chi connectivity index (χ4n) is 1.59. The van der Waals surface area contributed by atoms with Crippen LogP contribution in [0, 0.1) is 0 Å². The third kappa shape index (κ3) is 5.34. The van der Waals surface area contributed by atoms with Crippen LogP contribution in [0.15, 0.2) is 20.0 Å². The first-order chi connectivity index (χ1) is 8.61. The molecule has 0 aliphatic carbocycles. The minimum Gasteiger partial charge on any atom is -0.288 e. The molecule has 0 radical (unpaired) electrons. The van der Waals surface area contributed by atoms with Gasteiger partial charge >= 0.3 is 0 Å². The number of rotatable bonds is 0. The molecule has 0 aromatic heterocycles. The summed E-state index contributed by atoms with van der Waals surface area (Å²) in [5, 5.41) is 0. The quantitative estimate of drug-likeness (QED) is 0.633. The first-order valence-corrected chi connectivity index (χ1v) is 6.66. The zero-order chi connectivity index (χ0) is 13.4. The van der Waals surface area contributed by atoms with Crippen molar-refractivity contribution in [2.45, 2.75) is 40.5 Å². The van der Waals surface area contributed by atoms with Gasteiger partial charge in [-0.2, -0.15) is 0 Å². The van der Waals surface area contributed by atoms with Gasteiger partial charge in [0.1, 0.15) is 0 Å². The molecule has 1 heterocycles. The number of hydrogen-bond donors (Lipinski definition) is 0. The first kappa shape index (κ1) is 14.7. The molecule has 0 unspecified atom stereocenters. The monoisotopic (exact) mass is 248 g/mol. The van der Waals surface area contributed by atoms with E-state index in [1.54, 1.807) is 0 Å². The average Bonchev–Trinajstić information content (AvgIpc) is 2.35. The van der Waals surface area contributed by atoms with Crippen LogP contribution in [0.2, 0.25) is 0 Å². The lowest BCUT2D eigenvalue weighted by molar-refractivity contribution is 0.838. The topological polar surface area (TPSA) is 49.4 Å². The molecule has 18 heavy (non-hydrogen) atoms. The van der Waals surface area contributed by atoms with Crippen molar-refractivity contribution < 1.29 is 0 Å². The zero-order valence-electron chi connectivity index (χ0n) is 12.0. The van der Waals surface area contributed by atoms with E-state index in [4.69, 9.17) is 0 Å². The zero-order valence-corrected chi connectivity index (χ0v) is 12.0. The highest BCUT2D eigenvalue weighted by Gasteiger charge is 1.99. The molecule has 4 nitrogen and oxygen atoms in total. The minimum absolute atomic E-state index is 0.825. The predicted molar refractivity (Wildman–Crippen MR) is 81.1 cm³/mol. The van der Waals surface area contributed by atoms with Crippen molar-refractivity contribution in [2.75, 3.05) is 26.2 Å². The van der Waals surface area contributed by atoms with Gasteiger partial charge < -0.3 is 0 Å². The van der Waals surface area contributed by atoms with Crippen LogP contribution in [-0.2, 0) is 0 Å². The largest absolute Gasteiger partial charge is 0.288 e. The highest BCUT2D eigenvalue weighted by atomic mass is 14.8. The molecule has 0 bridgehead atoms. The van der Waals surface area contributed by atoms with Crippen molar-refractivity contribution in [1.82, 2.24) is 0 Å². The molecule has 0 N–H and O–H groups in total.